The molecular weight excluding hydrogens is 198 g/mol. The lowest BCUT2D eigenvalue weighted by Gasteiger charge is -2.18. The second-order valence-corrected chi connectivity index (χ2v) is 3.43. The van der Waals surface area contributed by atoms with Crippen LogP contribution in [0.2, 0.25) is 0 Å². The van der Waals surface area contributed by atoms with Crippen molar-refractivity contribution in [2.75, 3.05) is 7.11 Å². The van der Waals surface area contributed by atoms with E-state index in [2.05, 4.69) is 4.98 Å². The molecule has 0 radical (unpaired) electrons. The predicted octanol–water partition coefficient (Wildman–Crippen LogP) is 0.468. The van der Waals surface area contributed by atoms with E-state index >= 15 is 0 Å². The Morgan fingerprint density at radius 3 is 2.87 bits per heavy atom. The third-order valence-electron chi connectivity index (χ3n) is 2.04. The zero-order valence-corrected chi connectivity index (χ0v) is 8.60. The van der Waals surface area contributed by atoms with Crippen LogP contribution in [0, 0.1) is 0 Å². The number of hydrogen-bond donors (Lipinski definition) is 2. The normalized spacial score (nSPS) is 14.3. The smallest absolute Gasteiger partial charge is 0.335 e. The predicted molar refractivity (Wildman–Crippen MR) is 52.8 cm³/mol. The van der Waals surface area contributed by atoms with Crippen LogP contribution >= 0.6 is 0 Å². The van der Waals surface area contributed by atoms with Gasteiger partial charge < -0.3 is 14.9 Å². The van der Waals surface area contributed by atoms with E-state index in [0.29, 0.717) is 11.4 Å². The van der Waals surface area contributed by atoms with Crippen molar-refractivity contribution in [3.8, 4) is 5.88 Å². The number of methoxy groups -OCH3 is 1. The van der Waals surface area contributed by atoms with Gasteiger partial charge in [-0.05, 0) is 13.0 Å². The molecule has 0 aromatic carbocycles. The first kappa shape index (κ1) is 11.5. The Balaban J connectivity index is 2.94. The molecule has 0 aliphatic heterocycles. The van der Waals surface area contributed by atoms with Crippen LogP contribution in [0.1, 0.15) is 12.5 Å². The quantitative estimate of drug-likeness (QED) is 0.756. The molecule has 1 unspecified atom stereocenters. The second kappa shape index (κ2) is 4.27. The minimum absolute atomic E-state index is 0.0423. The number of aliphatic hydroxyl groups is 1. The van der Waals surface area contributed by atoms with Crippen molar-refractivity contribution in [2.45, 2.75) is 18.9 Å². The average molecular weight is 211 g/mol. The maximum Gasteiger partial charge on any atom is 0.335 e. The van der Waals surface area contributed by atoms with Gasteiger partial charge >= 0.3 is 5.97 Å². The third-order valence-corrected chi connectivity index (χ3v) is 2.04. The van der Waals surface area contributed by atoms with Crippen LogP contribution in [0.25, 0.3) is 0 Å². The molecule has 1 aromatic rings. The van der Waals surface area contributed by atoms with Crippen molar-refractivity contribution in [3.63, 3.8) is 0 Å². The topological polar surface area (TPSA) is 79.7 Å². The number of aliphatic carboxylic acids is 1. The highest BCUT2D eigenvalue weighted by molar-refractivity contribution is 5.77. The van der Waals surface area contributed by atoms with Gasteiger partial charge in [-0.3, -0.25) is 0 Å². The number of ether oxygens (including phenoxy) is 1. The number of carboxylic acids is 1. The van der Waals surface area contributed by atoms with Crippen molar-refractivity contribution in [1.82, 2.24) is 4.98 Å². The van der Waals surface area contributed by atoms with Gasteiger partial charge in [0.15, 0.2) is 5.60 Å². The third kappa shape index (κ3) is 2.66. The number of carboxylic acid groups (broad SMARTS) is 1. The van der Waals surface area contributed by atoms with E-state index in [-0.39, 0.29) is 6.42 Å². The van der Waals surface area contributed by atoms with Crippen LogP contribution < -0.4 is 4.74 Å². The molecule has 0 aliphatic rings. The van der Waals surface area contributed by atoms with Gasteiger partial charge in [-0.25, -0.2) is 9.78 Å². The van der Waals surface area contributed by atoms with Crippen LogP contribution in [-0.4, -0.2) is 33.9 Å². The number of pyridine rings is 1. The molecule has 5 nitrogen and oxygen atoms in total. The van der Waals surface area contributed by atoms with Gasteiger partial charge in [-0.2, -0.15) is 0 Å². The summed E-state index contributed by atoms with van der Waals surface area (Å²) in [7, 11) is 1.45. The minimum Gasteiger partial charge on any atom is -0.481 e. The lowest BCUT2D eigenvalue weighted by atomic mass is 9.97. The lowest BCUT2D eigenvalue weighted by molar-refractivity contribution is -0.156. The van der Waals surface area contributed by atoms with Crippen LogP contribution in [0.5, 0.6) is 5.88 Å². The molecule has 1 atom stereocenters. The number of nitrogens with zero attached hydrogens (tertiary/aromatic N) is 1. The SMILES string of the molecule is COc1ncccc1CC(C)(O)C(=O)O. The summed E-state index contributed by atoms with van der Waals surface area (Å²) < 4.78 is 4.96. The van der Waals surface area contributed by atoms with Gasteiger partial charge in [-0.1, -0.05) is 6.07 Å². The molecule has 0 aliphatic carbocycles. The van der Waals surface area contributed by atoms with Gasteiger partial charge in [0.05, 0.1) is 7.11 Å². The molecule has 82 valence electrons. The fourth-order valence-corrected chi connectivity index (χ4v) is 1.19. The molecule has 2 N–H and O–H groups in total. The number of hydrogen-bond acceptors (Lipinski definition) is 4. The number of rotatable bonds is 4. The van der Waals surface area contributed by atoms with Gasteiger partial charge in [0, 0.05) is 18.2 Å². The van der Waals surface area contributed by atoms with E-state index in [1.807, 2.05) is 0 Å². The van der Waals surface area contributed by atoms with E-state index in [0.717, 1.165) is 0 Å². The van der Waals surface area contributed by atoms with Gasteiger partial charge in [0.2, 0.25) is 5.88 Å². The molecule has 0 fully saturated rings. The Morgan fingerprint density at radius 2 is 2.33 bits per heavy atom. The summed E-state index contributed by atoms with van der Waals surface area (Å²) in [6.45, 7) is 1.24. The molecule has 5 heteroatoms. The highest BCUT2D eigenvalue weighted by atomic mass is 16.5. The summed E-state index contributed by atoms with van der Waals surface area (Å²) in [6.07, 6.45) is 1.50. The summed E-state index contributed by atoms with van der Waals surface area (Å²) in [5.74, 6) is -0.938. The number of aromatic nitrogens is 1. The van der Waals surface area contributed by atoms with Gasteiger partial charge in [0.1, 0.15) is 0 Å². The van der Waals surface area contributed by atoms with Gasteiger partial charge in [0.25, 0.3) is 0 Å². The largest absolute Gasteiger partial charge is 0.481 e. The fourth-order valence-electron chi connectivity index (χ4n) is 1.19. The van der Waals surface area contributed by atoms with Crippen molar-refractivity contribution in [3.05, 3.63) is 23.9 Å². The van der Waals surface area contributed by atoms with E-state index in [4.69, 9.17) is 9.84 Å². The molecule has 0 saturated heterocycles. The van der Waals surface area contributed by atoms with Crippen molar-refractivity contribution >= 4 is 5.97 Å². The standard InChI is InChI=1S/C10H13NO4/c1-10(14,9(12)13)6-7-4-3-5-11-8(7)15-2/h3-5,14H,6H2,1-2H3,(H,12,13). The summed E-state index contributed by atoms with van der Waals surface area (Å²) in [6, 6.07) is 3.33. The molecule has 1 aromatic heterocycles. The van der Waals surface area contributed by atoms with E-state index in [1.54, 1.807) is 12.1 Å². The van der Waals surface area contributed by atoms with Crippen LogP contribution in [0.15, 0.2) is 18.3 Å². The monoisotopic (exact) mass is 211 g/mol. The Labute approximate surface area is 87.3 Å². The number of carbonyl (C=O) groups is 1. The van der Waals surface area contributed by atoms with Gasteiger partial charge in [-0.15, -0.1) is 0 Å². The zero-order valence-electron chi connectivity index (χ0n) is 8.60. The molecule has 1 heterocycles. The lowest BCUT2D eigenvalue weighted by Crippen LogP contribution is -2.37. The van der Waals surface area contributed by atoms with E-state index in [9.17, 15) is 9.90 Å². The zero-order chi connectivity index (χ0) is 11.5. The fraction of sp³-hybridized carbons (Fsp3) is 0.400. The van der Waals surface area contributed by atoms with Crippen molar-refractivity contribution in [1.29, 1.82) is 0 Å². The Morgan fingerprint density at radius 1 is 1.67 bits per heavy atom. The van der Waals surface area contributed by atoms with Crippen molar-refractivity contribution < 1.29 is 19.7 Å². The first-order valence-corrected chi connectivity index (χ1v) is 4.41. The highest BCUT2D eigenvalue weighted by Gasteiger charge is 2.31. The van der Waals surface area contributed by atoms with E-state index < -0.39 is 11.6 Å². The summed E-state index contributed by atoms with van der Waals surface area (Å²) in [5.41, 5.74) is -1.25. The minimum atomic E-state index is -1.81. The Hall–Kier alpha value is -1.62. The molecule has 0 amide bonds. The second-order valence-electron chi connectivity index (χ2n) is 3.43. The Kier molecular flexibility index (Phi) is 3.26. The summed E-state index contributed by atoms with van der Waals surface area (Å²) >= 11 is 0. The first-order chi connectivity index (χ1) is 6.97. The maximum atomic E-state index is 10.7. The molecule has 0 spiro atoms. The summed E-state index contributed by atoms with van der Waals surface area (Å²) in [5, 5.41) is 18.3. The van der Waals surface area contributed by atoms with Crippen LogP contribution in [0.3, 0.4) is 0 Å². The van der Waals surface area contributed by atoms with E-state index in [1.165, 1.54) is 20.2 Å². The summed E-state index contributed by atoms with van der Waals surface area (Å²) in [4.78, 5) is 14.6. The molecule has 0 bridgehead atoms. The van der Waals surface area contributed by atoms with Crippen LogP contribution in [0.4, 0.5) is 0 Å². The molecular formula is C10H13NO4. The van der Waals surface area contributed by atoms with Crippen molar-refractivity contribution in [2.24, 2.45) is 0 Å². The highest BCUT2D eigenvalue weighted by Crippen LogP contribution is 2.20. The Bertz CT molecular complexity index is 362. The first-order valence-electron chi connectivity index (χ1n) is 4.41. The average Bonchev–Trinajstić information content (AvgIpc) is 2.18. The molecule has 0 saturated carbocycles. The van der Waals surface area contributed by atoms with Crippen LogP contribution in [-0.2, 0) is 11.2 Å². The molecule has 15 heavy (non-hydrogen) atoms. The maximum absolute atomic E-state index is 10.7. The molecule has 1 rings (SSSR count).